The molecule has 2 aromatic rings. The number of hydrogen-bond acceptors (Lipinski definition) is 2. The van der Waals surface area contributed by atoms with Crippen LogP contribution in [0.2, 0.25) is 0 Å². The smallest absolute Gasteiger partial charge is 0.231 e. The van der Waals surface area contributed by atoms with E-state index >= 15 is 0 Å². The Labute approximate surface area is 173 Å². The van der Waals surface area contributed by atoms with Crippen LogP contribution in [0.1, 0.15) is 72.7 Å². The second-order valence-corrected chi connectivity index (χ2v) is 9.44. The molecule has 2 aliphatic carbocycles. The molecule has 0 radical (unpaired) electrons. The van der Waals surface area contributed by atoms with Gasteiger partial charge in [0.1, 0.15) is 0 Å². The lowest BCUT2D eigenvalue weighted by Crippen LogP contribution is -2.47. The molecule has 1 saturated heterocycles. The van der Waals surface area contributed by atoms with Crippen molar-refractivity contribution >= 4 is 11.6 Å². The molecule has 29 heavy (non-hydrogen) atoms. The minimum Gasteiger partial charge on any atom is -0.309 e. The molecule has 0 bridgehead atoms. The molecule has 1 fully saturated rings. The molecule has 1 amide bonds. The van der Waals surface area contributed by atoms with Crippen LogP contribution in [-0.4, -0.2) is 29.9 Å². The Balaban J connectivity index is 1.21. The largest absolute Gasteiger partial charge is 0.309 e. The number of piperidine rings is 1. The second-order valence-electron chi connectivity index (χ2n) is 9.44. The summed E-state index contributed by atoms with van der Waals surface area (Å²) < 4.78 is 0. The fourth-order valence-electron chi connectivity index (χ4n) is 6.64. The van der Waals surface area contributed by atoms with Gasteiger partial charge in [0.15, 0.2) is 0 Å². The van der Waals surface area contributed by atoms with Crippen LogP contribution in [0, 0.1) is 0 Å². The first kappa shape index (κ1) is 17.7. The summed E-state index contributed by atoms with van der Waals surface area (Å²) >= 11 is 0. The van der Waals surface area contributed by atoms with E-state index < -0.39 is 0 Å². The van der Waals surface area contributed by atoms with Crippen LogP contribution in [0.3, 0.4) is 0 Å². The number of aryl methyl sites for hydroxylation is 1. The fourth-order valence-corrected chi connectivity index (χ4v) is 6.64. The summed E-state index contributed by atoms with van der Waals surface area (Å²) in [7, 11) is 0. The van der Waals surface area contributed by atoms with Gasteiger partial charge in [0.05, 0.1) is 6.42 Å². The third-order valence-corrected chi connectivity index (χ3v) is 7.95. The van der Waals surface area contributed by atoms with Crippen LogP contribution in [0.25, 0.3) is 0 Å². The minimum absolute atomic E-state index is 0.294. The monoisotopic (exact) mass is 386 g/mol. The molecular weight excluding hydrogens is 356 g/mol. The summed E-state index contributed by atoms with van der Waals surface area (Å²) in [5.41, 5.74) is 7.32. The maximum absolute atomic E-state index is 12.7. The predicted molar refractivity (Wildman–Crippen MR) is 116 cm³/mol. The zero-order chi connectivity index (χ0) is 19.4. The standard InChI is InChI=1S/C26H30N2O/c29-25-17-20-5-1-2-10-23(20)28(25)21-13-15-27(16-14-21)24-12-11-19-7-3-6-18-8-4-9-22(24)26(18)19/h1-2,4-5,8-10,19,21,24H,3,6-7,11-17H2/t19-,24-/m0/s1. The van der Waals surface area contributed by atoms with E-state index in [0.717, 1.165) is 37.5 Å². The van der Waals surface area contributed by atoms with E-state index in [1.165, 1.54) is 37.7 Å². The highest BCUT2D eigenvalue weighted by Crippen LogP contribution is 2.47. The van der Waals surface area contributed by atoms with Gasteiger partial charge in [-0.05, 0) is 79.2 Å². The Kier molecular flexibility index (Phi) is 4.26. The average Bonchev–Trinajstić information content (AvgIpc) is 3.10. The predicted octanol–water partition coefficient (Wildman–Crippen LogP) is 5.00. The number of rotatable bonds is 2. The lowest BCUT2D eigenvalue weighted by molar-refractivity contribution is -0.118. The second kappa shape index (κ2) is 6.98. The van der Waals surface area contributed by atoms with E-state index in [4.69, 9.17) is 0 Å². The van der Waals surface area contributed by atoms with Gasteiger partial charge < -0.3 is 4.90 Å². The number of benzene rings is 2. The number of likely N-dealkylation sites (tertiary alicyclic amines) is 1. The molecule has 3 heteroatoms. The van der Waals surface area contributed by atoms with E-state index in [1.807, 2.05) is 0 Å². The van der Waals surface area contributed by atoms with E-state index in [0.29, 0.717) is 24.4 Å². The van der Waals surface area contributed by atoms with Gasteiger partial charge in [-0.15, -0.1) is 0 Å². The fraction of sp³-hybridized carbons (Fsp3) is 0.500. The van der Waals surface area contributed by atoms with Crippen LogP contribution in [-0.2, 0) is 17.6 Å². The highest BCUT2D eigenvalue weighted by atomic mass is 16.2. The summed E-state index contributed by atoms with van der Waals surface area (Å²) in [6.45, 7) is 2.21. The molecule has 0 spiro atoms. The Morgan fingerprint density at radius 3 is 2.55 bits per heavy atom. The summed E-state index contributed by atoms with van der Waals surface area (Å²) in [6.07, 6.45) is 9.44. The first-order valence-electron chi connectivity index (χ1n) is 11.6. The highest BCUT2D eigenvalue weighted by Gasteiger charge is 2.38. The third kappa shape index (κ3) is 2.85. The molecule has 2 aliphatic heterocycles. The number of amides is 1. The quantitative estimate of drug-likeness (QED) is 0.725. The lowest BCUT2D eigenvalue weighted by Gasteiger charge is -2.44. The number of para-hydroxylation sites is 1. The SMILES string of the molecule is O=C1Cc2ccccc2N1C1CCN([C@H]2CC[C@@H]3CCCc4cccc2c43)CC1. The van der Waals surface area contributed by atoms with Crippen molar-refractivity contribution in [2.24, 2.45) is 0 Å². The van der Waals surface area contributed by atoms with Crippen LogP contribution in [0.4, 0.5) is 5.69 Å². The molecule has 2 aromatic carbocycles. The van der Waals surface area contributed by atoms with E-state index in [1.54, 1.807) is 16.7 Å². The average molecular weight is 387 g/mol. The van der Waals surface area contributed by atoms with Gasteiger partial charge in [-0.1, -0.05) is 36.4 Å². The molecular formula is C26H30N2O. The lowest BCUT2D eigenvalue weighted by atomic mass is 9.71. The van der Waals surface area contributed by atoms with Crippen LogP contribution in [0.5, 0.6) is 0 Å². The molecule has 0 saturated carbocycles. The number of anilines is 1. The van der Waals surface area contributed by atoms with Crippen LogP contribution in [0.15, 0.2) is 42.5 Å². The number of nitrogens with zero attached hydrogens (tertiary/aromatic N) is 2. The molecule has 2 heterocycles. The van der Waals surface area contributed by atoms with Gasteiger partial charge in [-0.2, -0.15) is 0 Å². The Bertz CT molecular complexity index is 943. The normalized spacial score (nSPS) is 27.0. The number of carbonyl (C=O) groups is 1. The van der Waals surface area contributed by atoms with Crippen molar-refractivity contribution in [3.63, 3.8) is 0 Å². The van der Waals surface area contributed by atoms with Crippen molar-refractivity contribution in [1.29, 1.82) is 0 Å². The topological polar surface area (TPSA) is 23.6 Å². The number of carbonyl (C=O) groups excluding carboxylic acids is 1. The summed E-state index contributed by atoms with van der Waals surface area (Å²) in [6, 6.07) is 16.4. The first-order valence-corrected chi connectivity index (χ1v) is 11.6. The Morgan fingerprint density at radius 2 is 1.66 bits per heavy atom. The van der Waals surface area contributed by atoms with Gasteiger partial charge in [0.2, 0.25) is 5.91 Å². The Morgan fingerprint density at radius 1 is 0.828 bits per heavy atom. The van der Waals surface area contributed by atoms with E-state index in [-0.39, 0.29) is 0 Å². The minimum atomic E-state index is 0.294. The molecule has 0 aromatic heterocycles. The van der Waals surface area contributed by atoms with E-state index in [9.17, 15) is 4.79 Å². The maximum Gasteiger partial charge on any atom is 0.231 e. The Hall–Kier alpha value is -2.13. The van der Waals surface area contributed by atoms with E-state index in [2.05, 4.69) is 52.3 Å². The van der Waals surface area contributed by atoms with Crippen molar-refractivity contribution in [3.8, 4) is 0 Å². The molecule has 6 rings (SSSR count). The van der Waals surface area contributed by atoms with Gasteiger partial charge in [0.25, 0.3) is 0 Å². The van der Waals surface area contributed by atoms with Crippen LogP contribution < -0.4 is 4.90 Å². The molecule has 0 unspecified atom stereocenters. The zero-order valence-corrected chi connectivity index (χ0v) is 17.1. The first-order chi connectivity index (χ1) is 14.3. The van der Waals surface area contributed by atoms with Gasteiger partial charge >= 0.3 is 0 Å². The molecule has 2 atom stereocenters. The third-order valence-electron chi connectivity index (χ3n) is 7.95. The van der Waals surface area contributed by atoms with Gasteiger partial charge in [-0.3, -0.25) is 9.69 Å². The molecule has 3 nitrogen and oxygen atoms in total. The van der Waals surface area contributed by atoms with Crippen LogP contribution >= 0.6 is 0 Å². The zero-order valence-electron chi connectivity index (χ0n) is 17.1. The van der Waals surface area contributed by atoms with Gasteiger partial charge in [-0.25, -0.2) is 0 Å². The van der Waals surface area contributed by atoms with Crippen molar-refractivity contribution in [3.05, 3.63) is 64.7 Å². The number of fused-ring (bicyclic) bond motifs is 1. The summed E-state index contributed by atoms with van der Waals surface area (Å²) in [5.74, 6) is 1.10. The maximum atomic E-state index is 12.7. The molecule has 150 valence electrons. The van der Waals surface area contributed by atoms with Gasteiger partial charge in [0, 0.05) is 30.9 Å². The van der Waals surface area contributed by atoms with Crippen molar-refractivity contribution in [1.82, 2.24) is 4.90 Å². The number of hydrogen-bond donors (Lipinski definition) is 0. The summed E-state index contributed by atoms with van der Waals surface area (Å²) in [5, 5.41) is 0. The summed E-state index contributed by atoms with van der Waals surface area (Å²) in [4.78, 5) is 17.5. The van der Waals surface area contributed by atoms with Crippen molar-refractivity contribution < 1.29 is 4.79 Å². The highest BCUT2D eigenvalue weighted by molar-refractivity contribution is 6.01. The van der Waals surface area contributed by atoms with Crippen molar-refractivity contribution in [2.45, 2.75) is 69.4 Å². The molecule has 4 aliphatic rings. The van der Waals surface area contributed by atoms with Crippen molar-refractivity contribution in [2.75, 3.05) is 18.0 Å². The molecule has 0 N–H and O–H groups in total.